The van der Waals surface area contributed by atoms with E-state index in [-0.39, 0.29) is 5.92 Å². The third kappa shape index (κ3) is 2.96. The molecule has 0 saturated carbocycles. The minimum Gasteiger partial charge on any atom is -0.480 e. The van der Waals surface area contributed by atoms with Crippen LogP contribution in [0.1, 0.15) is 13.8 Å². The van der Waals surface area contributed by atoms with Crippen molar-refractivity contribution >= 4 is 27.6 Å². The Balaban J connectivity index is 3.83. The van der Waals surface area contributed by atoms with Gasteiger partial charge in [-0.05, 0) is 27.6 Å². The fourth-order valence-corrected chi connectivity index (χ4v) is 1.55. The number of hydrogen-bond acceptors (Lipinski definition) is 2. The van der Waals surface area contributed by atoms with Gasteiger partial charge in [-0.2, -0.15) is 0 Å². The van der Waals surface area contributed by atoms with Gasteiger partial charge in [0.1, 0.15) is 5.25 Å². The standard InChI is InChI=1S/C5H9ClO2S/c1-3(2)4(9-6)5(7)8/h3-4H,1-2H3,(H,7,8). The molecule has 9 heavy (non-hydrogen) atoms. The van der Waals surface area contributed by atoms with Gasteiger partial charge in [-0.25, -0.2) is 0 Å². The second kappa shape index (κ2) is 4.01. The number of hydrogen-bond donors (Lipinski definition) is 1. The van der Waals surface area contributed by atoms with E-state index in [2.05, 4.69) is 0 Å². The lowest BCUT2D eigenvalue weighted by atomic mass is 10.1. The summed E-state index contributed by atoms with van der Waals surface area (Å²) in [5, 5.41) is 7.96. The van der Waals surface area contributed by atoms with Crippen molar-refractivity contribution in [2.24, 2.45) is 5.92 Å². The molecule has 0 aromatic carbocycles. The van der Waals surface area contributed by atoms with Gasteiger partial charge in [0.15, 0.2) is 0 Å². The average Bonchev–Trinajstić information content (AvgIpc) is 1.64. The Morgan fingerprint density at radius 1 is 1.67 bits per heavy atom. The lowest BCUT2D eigenvalue weighted by molar-refractivity contribution is -0.137. The molecule has 0 heterocycles. The summed E-state index contributed by atoms with van der Waals surface area (Å²) in [6, 6.07) is 0. The highest BCUT2D eigenvalue weighted by Crippen LogP contribution is 2.22. The van der Waals surface area contributed by atoms with Crippen molar-refractivity contribution in [3.05, 3.63) is 0 Å². The summed E-state index contributed by atoms with van der Waals surface area (Å²) in [7, 11) is 6.15. The second-order valence-corrected chi connectivity index (χ2v) is 3.31. The Morgan fingerprint density at radius 2 is 2.11 bits per heavy atom. The van der Waals surface area contributed by atoms with E-state index in [0.717, 1.165) is 11.0 Å². The minimum atomic E-state index is -0.843. The minimum absolute atomic E-state index is 0.0880. The Kier molecular flexibility index (Phi) is 4.06. The zero-order valence-electron chi connectivity index (χ0n) is 5.30. The normalized spacial score (nSPS) is 13.8. The van der Waals surface area contributed by atoms with Crippen LogP contribution in [0.5, 0.6) is 0 Å². The summed E-state index contributed by atoms with van der Waals surface area (Å²) in [5.74, 6) is -0.755. The molecule has 0 saturated heterocycles. The number of carboxylic acids is 1. The van der Waals surface area contributed by atoms with Crippen molar-refractivity contribution in [2.75, 3.05) is 0 Å². The van der Waals surface area contributed by atoms with Gasteiger partial charge >= 0.3 is 5.97 Å². The van der Waals surface area contributed by atoms with Gasteiger partial charge in [-0.3, -0.25) is 4.79 Å². The zero-order chi connectivity index (χ0) is 7.44. The van der Waals surface area contributed by atoms with E-state index >= 15 is 0 Å². The number of halogens is 1. The maximum atomic E-state index is 10.3. The molecule has 0 rings (SSSR count). The quantitative estimate of drug-likeness (QED) is 0.701. The fourth-order valence-electron chi connectivity index (χ4n) is 0.426. The third-order valence-corrected chi connectivity index (χ3v) is 2.46. The second-order valence-electron chi connectivity index (χ2n) is 2.09. The molecule has 0 aliphatic heterocycles. The molecule has 0 aliphatic rings. The predicted octanol–water partition coefficient (Wildman–Crippen LogP) is 1.98. The van der Waals surface area contributed by atoms with Crippen LogP contribution in [0.3, 0.4) is 0 Å². The van der Waals surface area contributed by atoms with Crippen LogP contribution in [0.2, 0.25) is 0 Å². The molecule has 0 amide bonds. The maximum Gasteiger partial charge on any atom is 0.318 e. The van der Waals surface area contributed by atoms with Gasteiger partial charge < -0.3 is 5.11 Å². The first kappa shape index (κ1) is 9.11. The summed E-state index contributed by atoms with van der Waals surface area (Å²) in [5.41, 5.74) is 0. The summed E-state index contributed by atoms with van der Waals surface area (Å²) in [6.45, 7) is 3.66. The van der Waals surface area contributed by atoms with Crippen molar-refractivity contribution in [3.8, 4) is 0 Å². The molecule has 0 aromatic rings. The van der Waals surface area contributed by atoms with E-state index in [1.807, 2.05) is 13.8 Å². The van der Waals surface area contributed by atoms with Crippen LogP contribution in [-0.2, 0) is 4.79 Å². The average molecular weight is 169 g/mol. The van der Waals surface area contributed by atoms with Crippen molar-refractivity contribution in [1.29, 1.82) is 0 Å². The Morgan fingerprint density at radius 3 is 2.11 bits per heavy atom. The van der Waals surface area contributed by atoms with E-state index in [0.29, 0.717) is 0 Å². The number of aliphatic carboxylic acids is 1. The molecule has 0 bridgehead atoms. The first-order chi connectivity index (χ1) is 4.09. The molecule has 0 spiro atoms. The van der Waals surface area contributed by atoms with E-state index in [9.17, 15) is 4.79 Å². The topological polar surface area (TPSA) is 37.3 Å². The first-order valence-corrected chi connectivity index (χ1v) is 4.30. The van der Waals surface area contributed by atoms with Crippen molar-refractivity contribution in [2.45, 2.75) is 19.1 Å². The Bertz CT molecular complexity index is 105. The summed E-state index contributed by atoms with van der Waals surface area (Å²) >= 11 is 0. The SMILES string of the molecule is CC(C)C(SCl)C(=O)O. The molecule has 0 radical (unpaired) electrons. The number of rotatable bonds is 3. The summed E-state index contributed by atoms with van der Waals surface area (Å²) in [6.07, 6.45) is 0. The molecular formula is C5H9ClO2S. The highest BCUT2D eigenvalue weighted by molar-refractivity contribution is 8.22. The lowest BCUT2D eigenvalue weighted by Crippen LogP contribution is -2.20. The van der Waals surface area contributed by atoms with Gasteiger partial charge in [0.25, 0.3) is 0 Å². The van der Waals surface area contributed by atoms with Gasteiger partial charge in [0, 0.05) is 0 Å². The van der Waals surface area contributed by atoms with E-state index in [1.54, 1.807) is 0 Å². The monoisotopic (exact) mass is 168 g/mol. The van der Waals surface area contributed by atoms with Gasteiger partial charge in [0.05, 0.1) is 0 Å². The highest BCUT2D eigenvalue weighted by Gasteiger charge is 2.20. The van der Waals surface area contributed by atoms with E-state index in [4.69, 9.17) is 15.8 Å². The molecule has 0 aromatic heterocycles. The molecule has 2 nitrogen and oxygen atoms in total. The molecule has 1 unspecified atom stereocenters. The molecule has 4 heteroatoms. The molecule has 1 N–H and O–H groups in total. The predicted molar refractivity (Wildman–Crippen MR) is 39.7 cm³/mol. The summed E-state index contributed by atoms with van der Waals surface area (Å²) in [4.78, 5) is 10.3. The van der Waals surface area contributed by atoms with Crippen LogP contribution in [-0.4, -0.2) is 16.3 Å². The van der Waals surface area contributed by atoms with Crippen LogP contribution in [0.15, 0.2) is 0 Å². The Hall–Kier alpha value is 0.110. The zero-order valence-corrected chi connectivity index (χ0v) is 6.87. The lowest BCUT2D eigenvalue weighted by Gasteiger charge is -2.09. The van der Waals surface area contributed by atoms with Crippen molar-refractivity contribution in [1.82, 2.24) is 0 Å². The van der Waals surface area contributed by atoms with Crippen LogP contribution in [0, 0.1) is 5.92 Å². The van der Waals surface area contributed by atoms with Crippen LogP contribution in [0.4, 0.5) is 0 Å². The van der Waals surface area contributed by atoms with Gasteiger partial charge in [-0.1, -0.05) is 13.8 Å². The van der Waals surface area contributed by atoms with E-state index < -0.39 is 11.2 Å². The number of carbonyl (C=O) groups is 1. The van der Waals surface area contributed by atoms with Crippen molar-refractivity contribution in [3.63, 3.8) is 0 Å². The van der Waals surface area contributed by atoms with Crippen LogP contribution < -0.4 is 0 Å². The molecular weight excluding hydrogens is 160 g/mol. The van der Waals surface area contributed by atoms with Gasteiger partial charge in [-0.15, -0.1) is 0 Å². The fraction of sp³-hybridized carbons (Fsp3) is 0.800. The summed E-state index contributed by atoms with van der Waals surface area (Å²) < 4.78 is 0. The molecule has 0 fully saturated rings. The molecule has 0 aliphatic carbocycles. The smallest absolute Gasteiger partial charge is 0.318 e. The first-order valence-electron chi connectivity index (χ1n) is 2.59. The molecule has 1 atom stereocenters. The highest BCUT2D eigenvalue weighted by atomic mass is 35.7. The Labute approximate surface area is 63.1 Å². The van der Waals surface area contributed by atoms with Crippen LogP contribution >= 0.6 is 21.7 Å². The number of carboxylic acid groups (broad SMARTS) is 1. The third-order valence-electron chi connectivity index (χ3n) is 0.945. The van der Waals surface area contributed by atoms with Gasteiger partial charge in [0.2, 0.25) is 0 Å². The maximum absolute atomic E-state index is 10.3. The molecule has 54 valence electrons. The van der Waals surface area contributed by atoms with Crippen molar-refractivity contribution < 1.29 is 9.90 Å². The van der Waals surface area contributed by atoms with E-state index in [1.165, 1.54) is 0 Å². The van der Waals surface area contributed by atoms with Crippen LogP contribution in [0.25, 0.3) is 0 Å². The largest absolute Gasteiger partial charge is 0.480 e.